The van der Waals surface area contributed by atoms with E-state index in [4.69, 9.17) is 0 Å². The average Bonchev–Trinajstić information content (AvgIpc) is 2.38. The van der Waals surface area contributed by atoms with E-state index in [-0.39, 0.29) is 0 Å². The maximum atomic E-state index is 3.61. The minimum absolute atomic E-state index is 0.865. The van der Waals surface area contributed by atoms with Gasteiger partial charge in [-0.3, -0.25) is 0 Å². The molecule has 0 bridgehead atoms. The fourth-order valence-corrected chi connectivity index (χ4v) is 2.86. The van der Waals surface area contributed by atoms with Crippen molar-refractivity contribution in [3.05, 3.63) is 0 Å². The lowest BCUT2D eigenvalue weighted by Gasteiger charge is -2.28. The highest BCUT2D eigenvalue weighted by Gasteiger charge is 2.18. The molecule has 1 rings (SSSR count). The molecular weight excluding hydrogens is 220 g/mol. The summed E-state index contributed by atoms with van der Waals surface area (Å²) >= 11 is 0. The van der Waals surface area contributed by atoms with E-state index in [1.807, 2.05) is 0 Å². The molecule has 1 fully saturated rings. The zero-order valence-electron chi connectivity index (χ0n) is 12.8. The third kappa shape index (κ3) is 7.38. The van der Waals surface area contributed by atoms with Crippen LogP contribution >= 0.6 is 0 Å². The number of hydrogen-bond acceptors (Lipinski definition) is 2. The Bertz CT molecular complexity index is 186. The van der Waals surface area contributed by atoms with E-state index in [0.717, 1.165) is 17.8 Å². The van der Waals surface area contributed by atoms with Crippen LogP contribution in [-0.4, -0.2) is 26.2 Å². The maximum Gasteiger partial charge on any atom is -0.00180 e. The molecule has 0 aromatic carbocycles. The molecule has 0 aliphatic carbocycles. The topological polar surface area (TPSA) is 24.1 Å². The van der Waals surface area contributed by atoms with E-state index in [9.17, 15) is 0 Å². The molecule has 0 aromatic rings. The fraction of sp³-hybridized carbons (Fsp3) is 1.00. The molecule has 0 saturated carbocycles. The van der Waals surface area contributed by atoms with Gasteiger partial charge in [-0.1, -0.05) is 33.6 Å². The van der Waals surface area contributed by atoms with Gasteiger partial charge in [0.2, 0.25) is 0 Å². The molecule has 1 saturated heterocycles. The Morgan fingerprint density at radius 1 is 1.11 bits per heavy atom. The normalized spacial score (nSPS) is 22.3. The summed E-state index contributed by atoms with van der Waals surface area (Å²) < 4.78 is 0. The van der Waals surface area contributed by atoms with Crippen molar-refractivity contribution >= 4 is 0 Å². The summed E-state index contributed by atoms with van der Waals surface area (Å²) in [7, 11) is 0. The first-order chi connectivity index (χ1) is 8.70. The van der Waals surface area contributed by atoms with Gasteiger partial charge in [-0.25, -0.2) is 0 Å². The van der Waals surface area contributed by atoms with Crippen LogP contribution in [0.25, 0.3) is 0 Å². The van der Waals surface area contributed by atoms with Crippen LogP contribution in [-0.2, 0) is 0 Å². The first-order valence-corrected chi connectivity index (χ1v) is 8.11. The van der Waals surface area contributed by atoms with Crippen molar-refractivity contribution in [2.75, 3.05) is 26.2 Å². The molecule has 1 aliphatic rings. The Morgan fingerprint density at radius 3 is 2.61 bits per heavy atom. The summed E-state index contributed by atoms with van der Waals surface area (Å²) in [6.07, 6.45) is 8.26. The summed E-state index contributed by atoms with van der Waals surface area (Å²) in [5.41, 5.74) is 0. The molecule has 2 nitrogen and oxygen atoms in total. The molecule has 108 valence electrons. The molecule has 1 heterocycles. The summed E-state index contributed by atoms with van der Waals surface area (Å²) in [6.45, 7) is 12.0. The highest BCUT2D eigenvalue weighted by Crippen LogP contribution is 2.21. The van der Waals surface area contributed by atoms with Gasteiger partial charge in [0.05, 0.1) is 0 Å². The number of hydrogen-bond donors (Lipinski definition) is 2. The van der Waals surface area contributed by atoms with Gasteiger partial charge in [-0.15, -0.1) is 0 Å². The second-order valence-corrected chi connectivity index (χ2v) is 6.51. The lowest BCUT2D eigenvalue weighted by Crippen LogP contribution is -2.34. The van der Waals surface area contributed by atoms with E-state index in [0.29, 0.717) is 0 Å². The van der Waals surface area contributed by atoms with E-state index in [1.54, 1.807) is 0 Å². The van der Waals surface area contributed by atoms with Crippen LogP contribution in [0.1, 0.15) is 59.3 Å². The first kappa shape index (κ1) is 16.0. The Kier molecular flexibility index (Phi) is 8.70. The van der Waals surface area contributed by atoms with Gasteiger partial charge in [0.25, 0.3) is 0 Å². The molecule has 0 aromatic heterocycles. The molecule has 2 N–H and O–H groups in total. The van der Waals surface area contributed by atoms with Gasteiger partial charge < -0.3 is 10.6 Å². The SMILES string of the molecule is CC(C)CCCCNCCC(C)C1CCCNC1. The van der Waals surface area contributed by atoms with Crippen molar-refractivity contribution in [3.8, 4) is 0 Å². The fourth-order valence-electron chi connectivity index (χ4n) is 2.86. The highest BCUT2D eigenvalue weighted by atomic mass is 14.9. The third-order valence-corrected chi connectivity index (χ3v) is 4.30. The first-order valence-electron chi connectivity index (χ1n) is 8.11. The average molecular weight is 254 g/mol. The zero-order chi connectivity index (χ0) is 13.2. The minimum atomic E-state index is 0.865. The molecule has 18 heavy (non-hydrogen) atoms. The van der Waals surface area contributed by atoms with Crippen LogP contribution in [0.5, 0.6) is 0 Å². The Labute approximate surface area is 114 Å². The van der Waals surface area contributed by atoms with Crippen LogP contribution in [0.3, 0.4) is 0 Å². The van der Waals surface area contributed by atoms with Crippen LogP contribution in [0.2, 0.25) is 0 Å². The number of nitrogens with one attached hydrogen (secondary N) is 2. The second kappa shape index (κ2) is 9.80. The summed E-state index contributed by atoms with van der Waals surface area (Å²) in [4.78, 5) is 0. The van der Waals surface area contributed by atoms with Gasteiger partial charge in [-0.2, -0.15) is 0 Å². The largest absolute Gasteiger partial charge is 0.317 e. The van der Waals surface area contributed by atoms with Crippen molar-refractivity contribution in [1.29, 1.82) is 0 Å². The lowest BCUT2D eigenvalue weighted by atomic mass is 9.85. The molecule has 0 amide bonds. The van der Waals surface area contributed by atoms with Gasteiger partial charge >= 0.3 is 0 Å². The number of unbranched alkanes of at least 4 members (excludes halogenated alkanes) is 1. The van der Waals surface area contributed by atoms with E-state index in [2.05, 4.69) is 31.4 Å². The smallest absolute Gasteiger partial charge is 0.00180 e. The Morgan fingerprint density at radius 2 is 1.94 bits per heavy atom. The highest BCUT2D eigenvalue weighted by molar-refractivity contribution is 4.74. The van der Waals surface area contributed by atoms with Gasteiger partial charge in [0, 0.05) is 0 Å². The predicted octanol–water partition coefficient (Wildman–Crippen LogP) is 3.43. The molecule has 2 atom stereocenters. The predicted molar refractivity (Wildman–Crippen MR) is 80.9 cm³/mol. The quantitative estimate of drug-likeness (QED) is 0.616. The van der Waals surface area contributed by atoms with E-state index < -0.39 is 0 Å². The van der Waals surface area contributed by atoms with Crippen LogP contribution in [0.4, 0.5) is 0 Å². The van der Waals surface area contributed by atoms with Crippen LogP contribution in [0.15, 0.2) is 0 Å². The van der Waals surface area contributed by atoms with Crippen molar-refractivity contribution in [3.63, 3.8) is 0 Å². The van der Waals surface area contributed by atoms with Gasteiger partial charge in [0.15, 0.2) is 0 Å². The molecular formula is C16H34N2. The van der Waals surface area contributed by atoms with E-state index in [1.165, 1.54) is 64.7 Å². The Balaban J connectivity index is 1.90. The van der Waals surface area contributed by atoms with Crippen molar-refractivity contribution in [2.24, 2.45) is 17.8 Å². The lowest BCUT2D eigenvalue weighted by molar-refractivity contribution is 0.266. The van der Waals surface area contributed by atoms with Gasteiger partial charge in [0.1, 0.15) is 0 Å². The summed E-state index contributed by atoms with van der Waals surface area (Å²) in [6, 6.07) is 0. The van der Waals surface area contributed by atoms with Crippen molar-refractivity contribution in [1.82, 2.24) is 10.6 Å². The van der Waals surface area contributed by atoms with Crippen LogP contribution in [0, 0.1) is 17.8 Å². The molecule has 1 aliphatic heterocycles. The second-order valence-electron chi connectivity index (χ2n) is 6.51. The minimum Gasteiger partial charge on any atom is -0.317 e. The molecule has 2 heteroatoms. The van der Waals surface area contributed by atoms with Crippen LogP contribution < -0.4 is 10.6 Å². The van der Waals surface area contributed by atoms with Gasteiger partial charge in [-0.05, 0) is 69.6 Å². The maximum absolute atomic E-state index is 3.61. The zero-order valence-corrected chi connectivity index (χ0v) is 12.8. The third-order valence-electron chi connectivity index (χ3n) is 4.30. The molecule has 0 radical (unpaired) electrons. The molecule has 2 unspecified atom stereocenters. The number of piperidine rings is 1. The van der Waals surface area contributed by atoms with E-state index >= 15 is 0 Å². The Hall–Kier alpha value is -0.0800. The standard InChI is InChI=1S/C16H34N2/c1-14(2)7-4-5-10-17-12-9-15(3)16-8-6-11-18-13-16/h14-18H,4-13H2,1-3H3. The number of rotatable bonds is 9. The summed E-state index contributed by atoms with van der Waals surface area (Å²) in [5, 5.41) is 7.13. The van der Waals surface area contributed by atoms with Crippen molar-refractivity contribution in [2.45, 2.75) is 59.3 Å². The van der Waals surface area contributed by atoms with Crippen molar-refractivity contribution < 1.29 is 0 Å². The summed E-state index contributed by atoms with van der Waals surface area (Å²) in [5.74, 6) is 2.66. The monoisotopic (exact) mass is 254 g/mol. The molecule has 0 spiro atoms.